The number of hydrogen-bond acceptors (Lipinski definition) is 6. The van der Waals surface area contributed by atoms with E-state index in [0.29, 0.717) is 22.1 Å². The predicted molar refractivity (Wildman–Crippen MR) is 110 cm³/mol. The molecule has 0 aliphatic carbocycles. The number of carbonyl (C=O) groups is 2. The first-order valence-corrected chi connectivity index (χ1v) is 10.6. The molecule has 2 aliphatic rings. The Morgan fingerprint density at radius 1 is 1.21 bits per heavy atom. The SMILES string of the molecule is O=C1CSc2ccc(C(=O)Nc3nc(-c4ccc5c(c4)CCO5)cs3)cc2N1. The van der Waals surface area contributed by atoms with Crippen molar-refractivity contribution in [2.75, 3.05) is 23.0 Å². The minimum atomic E-state index is -0.254. The zero-order valence-electron chi connectivity index (χ0n) is 14.7. The Labute approximate surface area is 169 Å². The molecule has 0 bridgehead atoms. The molecule has 3 aromatic rings. The second-order valence-corrected chi connectivity index (χ2v) is 8.34. The summed E-state index contributed by atoms with van der Waals surface area (Å²) >= 11 is 2.85. The van der Waals surface area contributed by atoms with Gasteiger partial charge in [-0.25, -0.2) is 4.98 Å². The van der Waals surface area contributed by atoms with Gasteiger partial charge in [0.2, 0.25) is 5.91 Å². The lowest BCUT2D eigenvalue weighted by molar-refractivity contribution is -0.113. The van der Waals surface area contributed by atoms with Crippen molar-refractivity contribution in [2.45, 2.75) is 11.3 Å². The molecule has 8 heteroatoms. The van der Waals surface area contributed by atoms with Crippen molar-refractivity contribution in [2.24, 2.45) is 0 Å². The summed E-state index contributed by atoms with van der Waals surface area (Å²) in [4.78, 5) is 29.7. The van der Waals surface area contributed by atoms with E-state index >= 15 is 0 Å². The smallest absolute Gasteiger partial charge is 0.257 e. The number of carbonyl (C=O) groups excluding carboxylic acids is 2. The van der Waals surface area contributed by atoms with Crippen LogP contribution in [-0.2, 0) is 11.2 Å². The number of anilines is 2. The minimum absolute atomic E-state index is 0.0561. The molecule has 0 unspecified atom stereocenters. The van der Waals surface area contributed by atoms with Crippen molar-refractivity contribution in [3.8, 4) is 17.0 Å². The predicted octanol–water partition coefficient (Wildman–Crippen LogP) is 4.04. The van der Waals surface area contributed by atoms with Gasteiger partial charge in [-0.2, -0.15) is 0 Å². The summed E-state index contributed by atoms with van der Waals surface area (Å²) in [6.45, 7) is 0.719. The number of ether oxygens (including phenoxy) is 1. The third kappa shape index (κ3) is 3.25. The second-order valence-electron chi connectivity index (χ2n) is 6.46. The van der Waals surface area contributed by atoms with Gasteiger partial charge in [0.1, 0.15) is 5.75 Å². The maximum atomic E-state index is 12.6. The van der Waals surface area contributed by atoms with Gasteiger partial charge in [0.25, 0.3) is 5.91 Å². The monoisotopic (exact) mass is 409 g/mol. The lowest BCUT2D eigenvalue weighted by Gasteiger charge is -2.16. The van der Waals surface area contributed by atoms with E-state index in [1.807, 2.05) is 23.6 Å². The normalized spacial score (nSPS) is 14.6. The summed E-state index contributed by atoms with van der Waals surface area (Å²) in [5.74, 6) is 1.02. The highest BCUT2D eigenvalue weighted by atomic mass is 32.2. The van der Waals surface area contributed by atoms with Crippen LogP contribution >= 0.6 is 23.1 Å². The van der Waals surface area contributed by atoms with Gasteiger partial charge in [-0.1, -0.05) is 0 Å². The van der Waals surface area contributed by atoms with Crippen molar-refractivity contribution >= 4 is 45.7 Å². The molecular formula is C20H15N3O3S2. The molecule has 2 N–H and O–H groups in total. The Balaban J connectivity index is 1.34. The summed E-state index contributed by atoms with van der Waals surface area (Å²) in [6, 6.07) is 11.3. The average Bonchev–Trinajstić information content (AvgIpc) is 3.36. The summed E-state index contributed by atoms with van der Waals surface area (Å²) in [5, 5.41) is 8.11. The van der Waals surface area contributed by atoms with Gasteiger partial charge in [0, 0.05) is 27.8 Å². The van der Waals surface area contributed by atoms with Crippen molar-refractivity contribution in [3.05, 3.63) is 52.9 Å². The van der Waals surface area contributed by atoms with Crippen LogP contribution in [0.4, 0.5) is 10.8 Å². The van der Waals surface area contributed by atoms with Crippen LogP contribution in [0.1, 0.15) is 15.9 Å². The molecule has 0 radical (unpaired) electrons. The number of thioether (sulfide) groups is 1. The molecule has 5 rings (SSSR count). The number of amides is 2. The highest BCUT2D eigenvalue weighted by Gasteiger charge is 2.18. The summed E-state index contributed by atoms with van der Waals surface area (Å²) in [6.07, 6.45) is 0.907. The first-order chi connectivity index (χ1) is 13.7. The van der Waals surface area contributed by atoms with Gasteiger partial charge in [-0.3, -0.25) is 14.9 Å². The fourth-order valence-electron chi connectivity index (χ4n) is 3.20. The maximum Gasteiger partial charge on any atom is 0.257 e. The number of benzene rings is 2. The van der Waals surface area contributed by atoms with Crippen LogP contribution in [0.25, 0.3) is 11.3 Å². The molecule has 0 fully saturated rings. The fourth-order valence-corrected chi connectivity index (χ4v) is 4.71. The van der Waals surface area contributed by atoms with E-state index in [9.17, 15) is 9.59 Å². The molecule has 2 amide bonds. The van der Waals surface area contributed by atoms with Crippen molar-refractivity contribution in [3.63, 3.8) is 0 Å². The Bertz CT molecular complexity index is 1110. The number of aromatic nitrogens is 1. The fraction of sp³-hybridized carbons (Fsp3) is 0.150. The molecule has 140 valence electrons. The highest BCUT2D eigenvalue weighted by molar-refractivity contribution is 8.00. The first kappa shape index (κ1) is 17.3. The third-order valence-corrected chi connectivity index (χ3v) is 6.42. The van der Waals surface area contributed by atoms with Gasteiger partial charge >= 0.3 is 0 Å². The van der Waals surface area contributed by atoms with Crippen LogP contribution < -0.4 is 15.4 Å². The molecule has 3 heterocycles. The first-order valence-electron chi connectivity index (χ1n) is 8.75. The maximum absolute atomic E-state index is 12.6. The van der Waals surface area contributed by atoms with Gasteiger partial charge in [0.15, 0.2) is 5.13 Å². The van der Waals surface area contributed by atoms with Crippen LogP contribution in [0.5, 0.6) is 5.75 Å². The Morgan fingerprint density at radius 3 is 3.07 bits per heavy atom. The number of nitrogens with one attached hydrogen (secondary N) is 2. The van der Waals surface area contributed by atoms with Crippen LogP contribution in [0.2, 0.25) is 0 Å². The molecule has 2 aliphatic heterocycles. The third-order valence-electron chi connectivity index (χ3n) is 4.58. The average molecular weight is 409 g/mol. The van der Waals surface area contributed by atoms with Gasteiger partial charge in [0.05, 0.1) is 23.7 Å². The number of fused-ring (bicyclic) bond motifs is 2. The highest BCUT2D eigenvalue weighted by Crippen LogP contribution is 2.33. The van der Waals surface area contributed by atoms with E-state index in [0.717, 1.165) is 34.9 Å². The molecule has 6 nitrogen and oxygen atoms in total. The largest absolute Gasteiger partial charge is 0.493 e. The number of thiazole rings is 1. The Hall–Kier alpha value is -2.84. The van der Waals surface area contributed by atoms with Gasteiger partial charge in [-0.15, -0.1) is 23.1 Å². The standard InChI is InChI=1S/C20H15N3O3S2/c24-18-10-27-17-4-2-13(8-14(17)21-18)19(25)23-20-22-15(9-28-20)11-1-3-16-12(7-11)5-6-26-16/h1-4,7-9H,5-6,10H2,(H,21,24)(H,22,23,25). The minimum Gasteiger partial charge on any atom is -0.493 e. The van der Waals surface area contributed by atoms with Crippen LogP contribution in [0, 0.1) is 0 Å². The van der Waals surface area contributed by atoms with E-state index in [1.54, 1.807) is 12.1 Å². The van der Waals surface area contributed by atoms with E-state index in [2.05, 4.69) is 21.7 Å². The zero-order chi connectivity index (χ0) is 19.1. The van der Waals surface area contributed by atoms with Crippen molar-refractivity contribution < 1.29 is 14.3 Å². The summed E-state index contributed by atoms with van der Waals surface area (Å²) in [5.41, 5.74) is 4.17. The Morgan fingerprint density at radius 2 is 2.14 bits per heavy atom. The van der Waals surface area contributed by atoms with Crippen LogP contribution in [0.3, 0.4) is 0 Å². The molecule has 0 saturated carbocycles. The summed E-state index contributed by atoms with van der Waals surface area (Å²) in [7, 11) is 0. The van der Waals surface area contributed by atoms with E-state index in [-0.39, 0.29) is 11.8 Å². The molecule has 28 heavy (non-hydrogen) atoms. The van der Waals surface area contributed by atoms with Gasteiger partial charge < -0.3 is 10.1 Å². The second kappa shape index (κ2) is 6.96. The molecule has 1 aromatic heterocycles. The van der Waals surface area contributed by atoms with Gasteiger partial charge in [-0.05, 0) is 42.0 Å². The molecule has 0 atom stereocenters. The number of nitrogens with zero attached hydrogens (tertiary/aromatic N) is 1. The van der Waals surface area contributed by atoms with Crippen LogP contribution in [0.15, 0.2) is 46.7 Å². The molecular weight excluding hydrogens is 394 g/mol. The van der Waals surface area contributed by atoms with E-state index in [1.165, 1.54) is 28.7 Å². The zero-order valence-corrected chi connectivity index (χ0v) is 16.3. The quantitative estimate of drug-likeness (QED) is 0.682. The number of rotatable bonds is 3. The lowest BCUT2D eigenvalue weighted by Crippen LogP contribution is -2.19. The molecule has 0 spiro atoms. The molecule has 0 saturated heterocycles. The van der Waals surface area contributed by atoms with Crippen molar-refractivity contribution in [1.82, 2.24) is 4.98 Å². The summed E-state index contributed by atoms with van der Waals surface area (Å²) < 4.78 is 5.54. The Kier molecular flexibility index (Phi) is 4.29. The van der Waals surface area contributed by atoms with Crippen molar-refractivity contribution in [1.29, 1.82) is 0 Å². The van der Waals surface area contributed by atoms with E-state index < -0.39 is 0 Å². The van der Waals surface area contributed by atoms with Crippen LogP contribution in [-0.4, -0.2) is 29.2 Å². The topological polar surface area (TPSA) is 80.3 Å². The molecule has 2 aromatic carbocycles. The van der Waals surface area contributed by atoms with E-state index in [4.69, 9.17) is 4.74 Å². The lowest BCUT2D eigenvalue weighted by atomic mass is 10.1. The number of hydrogen-bond donors (Lipinski definition) is 2.